The Kier molecular flexibility index (Phi) is 7.25. The molecule has 1 N–H and O–H groups in total. The van der Waals surface area contributed by atoms with Gasteiger partial charge < -0.3 is 10.1 Å². The van der Waals surface area contributed by atoms with Crippen LogP contribution in [0.2, 0.25) is 0 Å². The molecule has 1 fully saturated rings. The van der Waals surface area contributed by atoms with Crippen molar-refractivity contribution in [1.82, 2.24) is 5.32 Å². The van der Waals surface area contributed by atoms with E-state index in [2.05, 4.69) is 26.1 Å². The van der Waals surface area contributed by atoms with E-state index in [9.17, 15) is 0 Å². The summed E-state index contributed by atoms with van der Waals surface area (Å²) in [5, 5.41) is 3.76. The van der Waals surface area contributed by atoms with Crippen molar-refractivity contribution >= 4 is 0 Å². The molecule has 108 valence electrons. The highest BCUT2D eigenvalue weighted by molar-refractivity contribution is 4.93. The maximum absolute atomic E-state index is 5.94. The van der Waals surface area contributed by atoms with Crippen molar-refractivity contribution in [2.45, 2.75) is 83.8 Å². The van der Waals surface area contributed by atoms with Crippen LogP contribution < -0.4 is 5.32 Å². The smallest absolute Gasteiger partial charge is 0.0825 e. The van der Waals surface area contributed by atoms with E-state index in [1.165, 1.54) is 38.5 Å². The third kappa shape index (κ3) is 3.96. The van der Waals surface area contributed by atoms with Crippen LogP contribution in [0.1, 0.15) is 72.1 Å². The minimum Gasteiger partial charge on any atom is -0.377 e. The maximum atomic E-state index is 5.94. The largest absolute Gasteiger partial charge is 0.377 e. The molecule has 18 heavy (non-hydrogen) atoms. The number of hydrogen-bond donors (Lipinski definition) is 1. The van der Waals surface area contributed by atoms with E-state index in [0.29, 0.717) is 6.04 Å². The third-order valence-corrected chi connectivity index (χ3v) is 4.92. The van der Waals surface area contributed by atoms with Crippen LogP contribution >= 0.6 is 0 Å². The molecule has 1 rings (SSSR count). The molecule has 2 heteroatoms. The van der Waals surface area contributed by atoms with Gasteiger partial charge in [-0.2, -0.15) is 0 Å². The van der Waals surface area contributed by atoms with E-state index in [-0.39, 0.29) is 5.60 Å². The Balaban J connectivity index is 2.67. The molecule has 2 nitrogen and oxygen atoms in total. The van der Waals surface area contributed by atoms with Crippen LogP contribution in [0.5, 0.6) is 0 Å². The zero-order valence-corrected chi connectivity index (χ0v) is 12.9. The predicted molar refractivity (Wildman–Crippen MR) is 79.0 cm³/mol. The summed E-state index contributed by atoms with van der Waals surface area (Å²) in [6.45, 7) is 7.89. The van der Waals surface area contributed by atoms with E-state index >= 15 is 0 Å². The summed E-state index contributed by atoms with van der Waals surface area (Å²) in [6, 6.07) is 0.528. The van der Waals surface area contributed by atoms with Crippen LogP contribution in [-0.4, -0.2) is 25.3 Å². The Labute approximate surface area is 114 Å². The van der Waals surface area contributed by atoms with Gasteiger partial charge in [-0.25, -0.2) is 0 Å². The van der Waals surface area contributed by atoms with E-state index in [1.807, 2.05) is 7.11 Å². The Hall–Kier alpha value is -0.0800. The van der Waals surface area contributed by atoms with Crippen LogP contribution in [0.3, 0.4) is 0 Å². The van der Waals surface area contributed by atoms with E-state index in [1.54, 1.807) is 0 Å². The number of rotatable bonds is 9. The summed E-state index contributed by atoms with van der Waals surface area (Å²) < 4.78 is 5.94. The van der Waals surface area contributed by atoms with Crippen molar-refractivity contribution in [3.05, 3.63) is 0 Å². The topological polar surface area (TPSA) is 21.3 Å². The lowest BCUT2D eigenvalue weighted by atomic mass is 9.82. The number of nitrogens with one attached hydrogen (secondary N) is 1. The molecule has 0 amide bonds. The standard InChI is InChI=1S/C16H33NO/c1-5-12-17-15(13-14-10-8-9-11-14)16(6-2,7-3)18-4/h14-15,17H,5-13H2,1-4H3. The summed E-state index contributed by atoms with van der Waals surface area (Å²) >= 11 is 0. The maximum Gasteiger partial charge on any atom is 0.0825 e. The van der Waals surface area contributed by atoms with Crippen molar-refractivity contribution < 1.29 is 4.74 Å². The minimum absolute atomic E-state index is 0.0394. The lowest BCUT2D eigenvalue weighted by Gasteiger charge is -2.40. The molecule has 0 aromatic carbocycles. The molecule has 0 spiro atoms. The molecule has 0 heterocycles. The van der Waals surface area contributed by atoms with Crippen LogP contribution in [0.25, 0.3) is 0 Å². The van der Waals surface area contributed by atoms with Crippen molar-refractivity contribution in [3.63, 3.8) is 0 Å². The second-order valence-corrected chi connectivity index (χ2v) is 5.87. The van der Waals surface area contributed by atoms with Gasteiger partial charge in [-0.1, -0.05) is 46.5 Å². The molecule has 0 aromatic heterocycles. The highest BCUT2D eigenvalue weighted by Gasteiger charge is 2.37. The van der Waals surface area contributed by atoms with E-state index in [4.69, 9.17) is 4.74 Å². The highest BCUT2D eigenvalue weighted by Crippen LogP contribution is 2.34. The first kappa shape index (κ1) is 16.0. The monoisotopic (exact) mass is 255 g/mol. The summed E-state index contributed by atoms with van der Waals surface area (Å²) in [5.74, 6) is 0.923. The predicted octanol–water partition coefficient (Wildman–Crippen LogP) is 4.14. The Morgan fingerprint density at radius 3 is 2.22 bits per heavy atom. The van der Waals surface area contributed by atoms with Gasteiger partial charge in [0.25, 0.3) is 0 Å². The fourth-order valence-corrected chi connectivity index (χ4v) is 3.56. The summed E-state index contributed by atoms with van der Waals surface area (Å²) in [7, 11) is 1.89. The normalized spacial score (nSPS) is 19.3. The van der Waals surface area contributed by atoms with Gasteiger partial charge in [0, 0.05) is 13.2 Å². The van der Waals surface area contributed by atoms with Gasteiger partial charge in [0.05, 0.1) is 5.60 Å². The quantitative estimate of drug-likeness (QED) is 0.668. The summed E-state index contributed by atoms with van der Waals surface area (Å²) in [6.07, 6.45) is 10.4. The third-order valence-electron chi connectivity index (χ3n) is 4.92. The Bertz CT molecular complexity index is 199. The van der Waals surface area contributed by atoms with Gasteiger partial charge in [0.1, 0.15) is 0 Å². The van der Waals surface area contributed by atoms with Gasteiger partial charge in [0.15, 0.2) is 0 Å². The molecule has 0 aliphatic heterocycles. The van der Waals surface area contributed by atoms with Crippen LogP contribution in [0, 0.1) is 5.92 Å². The zero-order chi connectivity index (χ0) is 13.4. The first-order chi connectivity index (χ1) is 8.72. The molecule has 0 radical (unpaired) electrons. The van der Waals surface area contributed by atoms with Crippen LogP contribution in [0.4, 0.5) is 0 Å². The van der Waals surface area contributed by atoms with Crippen LogP contribution in [-0.2, 0) is 4.74 Å². The lowest BCUT2D eigenvalue weighted by molar-refractivity contribution is -0.0528. The number of methoxy groups -OCH3 is 1. The Morgan fingerprint density at radius 2 is 1.78 bits per heavy atom. The number of ether oxygens (including phenoxy) is 1. The second kappa shape index (κ2) is 8.16. The first-order valence-corrected chi connectivity index (χ1v) is 8.00. The van der Waals surface area contributed by atoms with Gasteiger partial charge in [0.2, 0.25) is 0 Å². The molecular weight excluding hydrogens is 222 g/mol. The van der Waals surface area contributed by atoms with E-state index < -0.39 is 0 Å². The van der Waals surface area contributed by atoms with Crippen molar-refractivity contribution in [2.75, 3.05) is 13.7 Å². The number of hydrogen-bond acceptors (Lipinski definition) is 2. The van der Waals surface area contributed by atoms with Gasteiger partial charge in [-0.05, 0) is 38.1 Å². The average Bonchev–Trinajstić information content (AvgIpc) is 2.91. The highest BCUT2D eigenvalue weighted by atomic mass is 16.5. The molecule has 0 aromatic rings. The Morgan fingerprint density at radius 1 is 1.17 bits per heavy atom. The van der Waals surface area contributed by atoms with Gasteiger partial charge in [-0.15, -0.1) is 0 Å². The summed E-state index contributed by atoms with van der Waals surface area (Å²) in [4.78, 5) is 0. The second-order valence-electron chi connectivity index (χ2n) is 5.87. The SMILES string of the molecule is CCCNC(CC1CCCC1)C(CC)(CC)OC. The van der Waals surface area contributed by atoms with E-state index in [0.717, 1.165) is 25.3 Å². The molecule has 0 bridgehead atoms. The minimum atomic E-state index is 0.0394. The molecule has 1 aliphatic carbocycles. The van der Waals surface area contributed by atoms with Crippen LogP contribution in [0.15, 0.2) is 0 Å². The molecule has 1 atom stereocenters. The lowest BCUT2D eigenvalue weighted by Crippen LogP contribution is -2.52. The first-order valence-electron chi connectivity index (χ1n) is 8.00. The summed E-state index contributed by atoms with van der Waals surface area (Å²) in [5.41, 5.74) is 0.0394. The molecule has 1 saturated carbocycles. The molecule has 1 aliphatic rings. The van der Waals surface area contributed by atoms with Gasteiger partial charge >= 0.3 is 0 Å². The van der Waals surface area contributed by atoms with Crippen molar-refractivity contribution in [3.8, 4) is 0 Å². The van der Waals surface area contributed by atoms with Gasteiger partial charge in [-0.3, -0.25) is 0 Å². The molecular formula is C16H33NO. The van der Waals surface area contributed by atoms with Crippen molar-refractivity contribution in [2.24, 2.45) is 5.92 Å². The fourth-order valence-electron chi connectivity index (χ4n) is 3.56. The zero-order valence-electron chi connectivity index (χ0n) is 12.9. The average molecular weight is 255 g/mol. The fraction of sp³-hybridized carbons (Fsp3) is 1.00. The molecule has 1 unspecified atom stereocenters. The molecule has 0 saturated heterocycles. The van der Waals surface area contributed by atoms with Crippen molar-refractivity contribution in [1.29, 1.82) is 0 Å².